The highest BCUT2D eigenvalue weighted by Crippen LogP contribution is 2.47. The number of furan rings is 1. The third kappa shape index (κ3) is 3.58. The quantitative estimate of drug-likeness (QED) is 0.826. The van der Waals surface area contributed by atoms with Crippen LogP contribution in [0.25, 0.3) is 0 Å². The number of rotatable bonds is 6. The van der Waals surface area contributed by atoms with E-state index in [2.05, 4.69) is 31.0 Å². The monoisotopic (exact) mass is 237 g/mol. The average molecular weight is 237 g/mol. The summed E-state index contributed by atoms with van der Waals surface area (Å²) < 4.78 is 5.85. The van der Waals surface area contributed by atoms with Gasteiger partial charge in [0.05, 0.1) is 12.6 Å². The van der Waals surface area contributed by atoms with Gasteiger partial charge in [0.25, 0.3) is 0 Å². The molecule has 3 unspecified atom stereocenters. The molecule has 1 N–H and O–H groups in total. The predicted octanol–water partition coefficient (Wildman–Crippen LogP) is 2.61. The minimum Gasteiger partial charge on any atom is -0.464 e. The summed E-state index contributed by atoms with van der Waals surface area (Å²) in [4.78, 5) is 2.19. The first-order valence-electron chi connectivity index (χ1n) is 6.51. The summed E-state index contributed by atoms with van der Waals surface area (Å²) in [7, 11) is 2.06. The molecule has 0 spiro atoms. The Morgan fingerprint density at radius 3 is 2.82 bits per heavy atom. The lowest BCUT2D eigenvalue weighted by atomic mass is 10.2. The van der Waals surface area contributed by atoms with Crippen LogP contribution < -0.4 is 0 Å². The van der Waals surface area contributed by atoms with Crippen LogP contribution in [0.15, 0.2) is 16.5 Å². The highest BCUT2D eigenvalue weighted by Gasteiger charge is 2.36. The van der Waals surface area contributed by atoms with Gasteiger partial charge in [0.1, 0.15) is 11.5 Å². The van der Waals surface area contributed by atoms with Crippen molar-refractivity contribution < 1.29 is 9.52 Å². The molecule has 1 fully saturated rings. The Labute approximate surface area is 103 Å². The van der Waals surface area contributed by atoms with Crippen molar-refractivity contribution in [3.63, 3.8) is 0 Å². The summed E-state index contributed by atoms with van der Waals surface area (Å²) in [5, 5.41) is 9.23. The Bertz CT molecular complexity index is 359. The van der Waals surface area contributed by atoms with Crippen LogP contribution in [0.4, 0.5) is 0 Å². The second-order valence-electron chi connectivity index (χ2n) is 5.50. The van der Waals surface area contributed by atoms with Crippen molar-refractivity contribution in [3.8, 4) is 0 Å². The van der Waals surface area contributed by atoms with Crippen LogP contribution in [0.1, 0.15) is 44.1 Å². The molecule has 96 valence electrons. The van der Waals surface area contributed by atoms with E-state index in [1.54, 1.807) is 0 Å². The second kappa shape index (κ2) is 5.23. The first kappa shape index (κ1) is 12.7. The fraction of sp³-hybridized carbons (Fsp3) is 0.714. The SMILES string of the molecule is CC(O)CCN(C)Cc1ccc(C2CC2C)o1. The molecular weight excluding hydrogens is 214 g/mol. The summed E-state index contributed by atoms with van der Waals surface area (Å²) in [5.41, 5.74) is 0. The van der Waals surface area contributed by atoms with Gasteiger partial charge in [-0.1, -0.05) is 6.92 Å². The summed E-state index contributed by atoms with van der Waals surface area (Å²) in [6, 6.07) is 4.20. The third-order valence-electron chi connectivity index (χ3n) is 3.51. The summed E-state index contributed by atoms with van der Waals surface area (Å²) in [6.45, 7) is 5.82. The maximum Gasteiger partial charge on any atom is 0.118 e. The van der Waals surface area contributed by atoms with Crippen molar-refractivity contribution in [1.29, 1.82) is 0 Å². The first-order valence-corrected chi connectivity index (χ1v) is 6.51. The standard InChI is InChI=1S/C14H23NO2/c1-10-8-13(10)14-5-4-12(17-14)9-15(3)7-6-11(2)16/h4-5,10-11,13,16H,6-9H2,1-3H3. The maximum atomic E-state index is 9.23. The van der Waals surface area contributed by atoms with Gasteiger partial charge >= 0.3 is 0 Å². The van der Waals surface area contributed by atoms with Gasteiger partial charge in [0, 0.05) is 12.5 Å². The minimum atomic E-state index is -0.225. The molecular formula is C14H23NO2. The van der Waals surface area contributed by atoms with E-state index in [1.165, 1.54) is 6.42 Å². The van der Waals surface area contributed by atoms with E-state index >= 15 is 0 Å². The van der Waals surface area contributed by atoms with Crippen LogP contribution in [0, 0.1) is 5.92 Å². The second-order valence-corrected chi connectivity index (χ2v) is 5.50. The van der Waals surface area contributed by atoms with E-state index in [1.807, 2.05) is 6.92 Å². The zero-order chi connectivity index (χ0) is 12.4. The van der Waals surface area contributed by atoms with Gasteiger partial charge in [-0.2, -0.15) is 0 Å². The van der Waals surface area contributed by atoms with E-state index in [4.69, 9.17) is 4.42 Å². The highest BCUT2D eigenvalue weighted by molar-refractivity contribution is 5.17. The number of aliphatic hydroxyl groups excluding tert-OH is 1. The average Bonchev–Trinajstić information content (AvgIpc) is 2.81. The normalized spacial score (nSPS) is 25.2. The maximum absolute atomic E-state index is 9.23. The molecule has 3 atom stereocenters. The smallest absolute Gasteiger partial charge is 0.118 e. The van der Waals surface area contributed by atoms with Crippen LogP contribution in [0.3, 0.4) is 0 Å². The Balaban J connectivity index is 1.80. The van der Waals surface area contributed by atoms with E-state index in [9.17, 15) is 5.11 Å². The first-order chi connectivity index (χ1) is 8.06. The fourth-order valence-corrected chi connectivity index (χ4v) is 2.15. The van der Waals surface area contributed by atoms with E-state index in [-0.39, 0.29) is 6.10 Å². The van der Waals surface area contributed by atoms with E-state index in [0.717, 1.165) is 36.9 Å². The van der Waals surface area contributed by atoms with Gasteiger partial charge in [-0.3, -0.25) is 4.90 Å². The van der Waals surface area contributed by atoms with Gasteiger partial charge in [-0.15, -0.1) is 0 Å². The van der Waals surface area contributed by atoms with Crippen molar-refractivity contribution >= 4 is 0 Å². The van der Waals surface area contributed by atoms with Crippen molar-refractivity contribution in [2.75, 3.05) is 13.6 Å². The fourth-order valence-electron chi connectivity index (χ4n) is 2.15. The molecule has 0 saturated heterocycles. The Hall–Kier alpha value is -0.800. The number of hydrogen-bond acceptors (Lipinski definition) is 3. The number of nitrogens with zero attached hydrogens (tertiary/aromatic N) is 1. The molecule has 0 amide bonds. The zero-order valence-corrected chi connectivity index (χ0v) is 11.0. The molecule has 0 radical (unpaired) electrons. The molecule has 0 aromatic carbocycles. The van der Waals surface area contributed by atoms with Crippen LogP contribution >= 0.6 is 0 Å². The molecule has 1 aliphatic rings. The minimum absolute atomic E-state index is 0.225. The molecule has 17 heavy (non-hydrogen) atoms. The van der Waals surface area contributed by atoms with E-state index < -0.39 is 0 Å². The van der Waals surface area contributed by atoms with Gasteiger partial charge < -0.3 is 9.52 Å². The van der Waals surface area contributed by atoms with Crippen LogP contribution in [-0.2, 0) is 6.54 Å². The molecule has 1 aromatic rings. The molecule has 2 rings (SSSR count). The largest absolute Gasteiger partial charge is 0.464 e. The van der Waals surface area contributed by atoms with Gasteiger partial charge in [-0.25, -0.2) is 0 Å². The molecule has 1 aliphatic carbocycles. The summed E-state index contributed by atoms with van der Waals surface area (Å²) in [5.74, 6) is 3.64. The van der Waals surface area contributed by atoms with Crippen molar-refractivity contribution in [1.82, 2.24) is 4.90 Å². The van der Waals surface area contributed by atoms with Crippen molar-refractivity contribution in [2.24, 2.45) is 5.92 Å². The van der Waals surface area contributed by atoms with Gasteiger partial charge in [-0.05, 0) is 44.9 Å². The van der Waals surface area contributed by atoms with Crippen molar-refractivity contribution in [2.45, 2.75) is 45.3 Å². The molecule has 0 aliphatic heterocycles. The molecule has 1 aromatic heterocycles. The summed E-state index contributed by atoms with van der Waals surface area (Å²) >= 11 is 0. The lowest BCUT2D eigenvalue weighted by molar-refractivity contribution is 0.160. The lowest BCUT2D eigenvalue weighted by Gasteiger charge is -2.15. The number of hydrogen-bond donors (Lipinski definition) is 1. The topological polar surface area (TPSA) is 36.6 Å². The summed E-state index contributed by atoms with van der Waals surface area (Å²) in [6.07, 6.45) is 1.85. The molecule has 3 heteroatoms. The Kier molecular flexibility index (Phi) is 3.89. The van der Waals surface area contributed by atoms with E-state index in [0.29, 0.717) is 5.92 Å². The Morgan fingerprint density at radius 2 is 2.24 bits per heavy atom. The number of aliphatic hydroxyl groups is 1. The Morgan fingerprint density at radius 1 is 1.53 bits per heavy atom. The molecule has 1 saturated carbocycles. The highest BCUT2D eigenvalue weighted by atomic mass is 16.3. The van der Waals surface area contributed by atoms with Crippen LogP contribution in [0.5, 0.6) is 0 Å². The molecule has 3 nitrogen and oxygen atoms in total. The van der Waals surface area contributed by atoms with Crippen molar-refractivity contribution in [3.05, 3.63) is 23.7 Å². The molecule has 1 heterocycles. The van der Waals surface area contributed by atoms with Crippen LogP contribution in [-0.4, -0.2) is 29.7 Å². The lowest BCUT2D eigenvalue weighted by Crippen LogP contribution is -2.21. The third-order valence-corrected chi connectivity index (χ3v) is 3.51. The predicted molar refractivity (Wildman–Crippen MR) is 67.9 cm³/mol. The van der Waals surface area contributed by atoms with Gasteiger partial charge in [0.15, 0.2) is 0 Å². The molecule has 0 bridgehead atoms. The van der Waals surface area contributed by atoms with Crippen LogP contribution in [0.2, 0.25) is 0 Å². The zero-order valence-electron chi connectivity index (χ0n) is 11.0. The van der Waals surface area contributed by atoms with Gasteiger partial charge in [0.2, 0.25) is 0 Å².